The van der Waals surface area contributed by atoms with Gasteiger partial charge in [-0.05, 0) is 25.8 Å². The highest BCUT2D eigenvalue weighted by molar-refractivity contribution is 6.19. The lowest BCUT2D eigenvalue weighted by Gasteiger charge is -2.27. The fraction of sp³-hybridized carbons (Fsp3) is 0.312. The Kier molecular flexibility index (Phi) is 4.21. The summed E-state index contributed by atoms with van der Waals surface area (Å²) in [4.78, 5) is 36.6. The van der Waals surface area contributed by atoms with Gasteiger partial charge in [-0.3, -0.25) is 19.3 Å². The molecule has 0 bridgehead atoms. The molecule has 5 heteroatoms. The van der Waals surface area contributed by atoms with Gasteiger partial charge in [0.25, 0.3) is 11.8 Å². The third-order valence-electron chi connectivity index (χ3n) is 3.77. The van der Waals surface area contributed by atoms with Gasteiger partial charge in [0.2, 0.25) is 0 Å². The van der Waals surface area contributed by atoms with E-state index in [1.165, 1.54) is 4.90 Å². The van der Waals surface area contributed by atoms with E-state index in [1.54, 1.807) is 38.1 Å². The molecule has 0 saturated heterocycles. The average Bonchev–Trinajstić information content (AvgIpc) is 2.66. The topological polar surface area (TPSA) is 74.7 Å². The molecule has 0 saturated carbocycles. The number of amides is 2. The van der Waals surface area contributed by atoms with Gasteiger partial charge in [-0.15, -0.1) is 0 Å². The Balaban J connectivity index is 2.35. The van der Waals surface area contributed by atoms with Crippen LogP contribution in [-0.4, -0.2) is 27.8 Å². The van der Waals surface area contributed by atoms with Gasteiger partial charge in [0.05, 0.1) is 6.04 Å². The Morgan fingerprint density at radius 2 is 1.62 bits per heavy atom. The highest BCUT2D eigenvalue weighted by Gasteiger charge is 2.38. The predicted octanol–water partition coefficient (Wildman–Crippen LogP) is 2.30. The summed E-state index contributed by atoms with van der Waals surface area (Å²) in [6.45, 7) is 3.24. The number of carboxylic acid groups (broad SMARTS) is 1. The van der Waals surface area contributed by atoms with Crippen molar-refractivity contribution in [2.75, 3.05) is 0 Å². The molecule has 1 unspecified atom stereocenters. The van der Waals surface area contributed by atoms with Crippen molar-refractivity contribution in [1.82, 2.24) is 4.90 Å². The Labute approximate surface area is 122 Å². The maximum atomic E-state index is 12.3. The summed E-state index contributed by atoms with van der Waals surface area (Å²) in [6, 6.07) is 8.50. The van der Waals surface area contributed by atoms with Crippen molar-refractivity contribution in [3.63, 3.8) is 0 Å². The lowest BCUT2D eigenvalue weighted by atomic mass is 10.00. The molecule has 0 spiro atoms. The normalized spacial score (nSPS) is 16.6. The minimum absolute atomic E-state index is 0.102. The fourth-order valence-electron chi connectivity index (χ4n) is 2.44. The van der Waals surface area contributed by atoms with Gasteiger partial charge in [0.15, 0.2) is 0 Å². The van der Waals surface area contributed by atoms with E-state index in [1.807, 2.05) is 6.07 Å². The summed E-state index contributed by atoms with van der Waals surface area (Å²) in [7, 11) is 0. The average molecular weight is 287 g/mol. The van der Waals surface area contributed by atoms with Crippen LogP contribution in [0.25, 0.3) is 0 Å². The number of aliphatic carboxylic acids is 1. The standard InChI is InChI=1S/C16H17NO4/c1-10-11(2)16(21)17(15(10)20)13(8-9-14(18)19)12-6-4-3-5-7-12/h3-7,13H,8-9H2,1-2H3,(H,18,19). The van der Waals surface area contributed by atoms with Gasteiger partial charge >= 0.3 is 5.97 Å². The molecule has 2 amide bonds. The number of carboxylic acids is 1. The molecular weight excluding hydrogens is 270 g/mol. The van der Waals surface area contributed by atoms with Crippen LogP contribution in [0, 0.1) is 0 Å². The molecule has 0 fully saturated rings. The van der Waals surface area contributed by atoms with Crippen LogP contribution in [0.1, 0.15) is 38.3 Å². The number of carbonyl (C=O) groups excluding carboxylic acids is 2. The van der Waals surface area contributed by atoms with Gasteiger partial charge < -0.3 is 5.11 Å². The van der Waals surface area contributed by atoms with Gasteiger partial charge in [-0.2, -0.15) is 0 Å². The Morgan fingerprint density at radius 1 is 1.10 bits per heavy atom. The molecule has 1 aliphatic rings. The number of benzene rings is 1. The van der Waals surface area contributed by atoms with Gasteiger partial charge in [-0.1, -0.05) is 30.3 Å². The molecule has 5 nitrogen and oxygen atoms in total. The Bertz CT molecular complexity index is 594. The van der Waals surface area contributed by atoms with Crippen LogP contribution in [-0.2, 0) is 14.4 Å². The largest absolute Gasteiger partial charge is 0.481 e. The van der Waals surface area contributed by atoms with Crippen LogP contribution in [0.5, 0.6) is 0 Å². The first-order valence-corrected chi connectivity index (χ1v) is 6.75. The van der Waals surface area contributed by atoms with Gasteiger partial charge in [0.1, 0.15) is 0 Å². The van der Waals surface area contributed by atoms with E-state index in [0.29, 0.717) is 11.1 Å². The monoisotopic (exact) mass is 287 g/mol. The molecule has 0 aliphatic carbocycles. The van der Waals surface area contributed by atoms with E-state index in [2.05, 4.69) is 0 Å². The Morgan fingerprint density at radius 3 is 2.10 bits per heavy atom. The minimum atomic E-state index is -0.948. The molecule has 0 radical (unpaired) electrons. The third-order valence-corrected chi connectivity index (χ3v) is 3.77. The Hall–Kier alpha value is -2.43. The molecule has 0 aromatic heterocycles. The smallest absolute Gasteiger partial charge is 0.303 e. The molecule has 1 N–H and O–H groups in total. The van der Waals surface area contributed by atoms with Gasteiger partial charge in [0, 0.05) is 17.6 Å². The number of hydrogen-bond donors (Lipinski definition) is 1. The van der Waals surface area contributed by atoms with E-state index >= 15 is 0 Å². The van der Waals surface area contributed by atoms with E-state index in [4.69, 9.17) is 5.11 Å². The van der Waals surface area contributed by atoms with Crippen LogP contribution in [0.3, 0.4) is 0 Å². The summed E-state index contributed by atoms with van der Waals surface area (Å²) >= 11 is 0. The van der Waals surface area contributed by atoms with Crippen molar-refractivity contribution in [2.24, 2.45) is 0 Å². The van der Waals surface area contributed by atoms with Crippen LogP contribution in [0.2, 0.25) is 0 Å². The van der Waals surface area contributed by atoms with Crippen molar-refractivity contribution >= 4 is 17.8 Å². The van der Waals surface area contributed by atoms with Gasteiger partial charge in [-0.25, -0.2) is 0 Å². The second kappa shape index (κ2) is 5.91. The van der Waals surface area contributed by atoms with E-state index in [0.717, 1.165) is 5.56 Å². The maximum absolute atomic E-state index is 12.3. The summed E-state index contributed by atoms with van der Waals surface area (Å²) < 4.78 is 0. The summed E-state index contributed by atoms with van der Waals surface area (Å²) in [5.74, 6) is -1.62. The number of hydrogen-bond acceptors (Lipinski definition) is 3. The van der Waals surface area contributed by atoms with Crippen LogP contribution in [0.4, 0.5) is 0 Å². The molecule has 1 atom stereocenters. The first-order valence-electron chi connectivity index (χ1n) is 6.75. The number of carbonyl (C=O) groups is 3. The van der Waals surface area contributed by atoms with Crippen molar-refractivity contribution in [1.29, 1.82) is 0 Å². The van der Waals surface area contributed by atoms with Crippen LogP contribution in [0.15, 0.2) is 41.5 Å². The van der Waals surface area contributed by atoms with Crippen molar-refractivity contribution in [3.8, 4) is 0 Å². The van der Waals surface area contributed by atoms with Crippen LogP contribution < -0.4 is 0 Å². The molecule has 110 valence electrons. The lowest BCUT2D eigenvalue weighted by Crippen LogP contribution is -2.35. The molecular formula is C16H17NO4. The number of rotatable bonds is 5. The second-order valence-electron chi connectivity index (χ2n) is 5.09. The summed E-state index contributed by atoms with van der Waals surface area (Å²) in [5.41, 5.74) is 1.62. The SMILES string of the molecule is CC1=C(C)C(=O)N(C(CCC(=O)O)c2ccccc2)C1=O. The zero-order valence-corrected chi connectivity index (χ0v) is 12.0. The first kappa shape index (κ1) is 15.0. The van der Waals surface area contributed by atoms with E-state index in [-0.39, 0.29) is 24.7 Å². The summed E-state index contributed by atoms with van der Waals surface area (Å²) in [5, 5.41) is 8.89. The zero-order valence-electron chi connectivity index (χ0n) is 12.0. The molecule has 1 heterocycles. The van der Waals surface area contributed by atoms with E-state index < -0.39 is 12.0 Å². The predicted molar refractivity (Wildman–Crippen MR) is 76.3 cm³/mol. The van der Waals surface area contributed by atoms with E-state index in [9.17, 15) is 14.4 Å². The van der Waals surface area contributed by atoms with Crippen molar-refractivity contribution < 1.29 is 19.5 Å². The molecule has 21 heavy (non-hydrogen) atoms. The highest BCUT2D eigenvalue weighted by atomic mass is 16.4. The molecule has 1 aliphatic heterocycles. The zero-order chi connectivity index (χ0) is 15.6. The second-order valence-corrected chi connectivity index (χ2v) is 5.09. The number of imide groups is 1. The first-order chi connectivity index (χ1) is 9.93. The fourth-order valence-corrected chi connectivity index (χ4v) is 2.44. The summed E-state index contributed by atoms with van der Waals surface area (Å²) in [6.07, 6.45) is 0.103. The minimum Gasteiger partial charge on any atom is -0.481 e. The number of nitrogens with zero attached hydrogens (tertiary/aromatic N) is 1. The molecule has 1 aromatic rings. The third kappa shape index (κ3) is 2.86. The van der Waals surface area contributed by atoms with Crippen molar-refractivity contribution in [2.45, 2.75) is 32.7 Å². The molecule has 2 rings (SSSR count). The lowest BCUT2D eigenvalue weighted by molar-refractivity contribution is -0.143. The maximum Gasteiger partial charge on any atom is 0.303 e. The highest BCUT2D eigenvalue weighted by Crippen LogP contribution is 2.33. The molecule has 1 aromatic carbocycles. The van der Waals surface area contributed by atoms with Crippen molar-refractivity contribution in [3.05, 3.63) is 47.0 Å². The quantitative estimate of drug-likeness (QED) is 0.843. The van der Waals surface area contributed by atoms with Crippen LogP contribution >= 0.6 is 0 Å².